The van der Waals surface area contributed by atoms with Gasteiger partial charge in [0.1, 0.15) is 8.07 Å². The molecular formula is C18H28Si. The highest BCUT2D eigenvalue weighted by Crippen LogP contribution is 2.43. The van der Waals surface area contributed by atoms with Gasteiger partial charge in [0.25, 0.3) is 0 Å². The van der Waals surface area contributed by atoms with E-state index in [-0.39, 0.29) is 0 Å². The minimum absolute atomic E-state index is 1.20. The molecule has 2 rings (SSSR count). The molecule has 0 saturated heterocycles. The molecule has 0 spiro atoms. The van der Waals surface area contributed by atoms with Crippen molar-refractivity contribution < 1.29 is 0 Å². The molecule has 0 amide bonds. The Morgan fingerprint density at radius 1 is 0.842 bits per heavy atom. The van der Waals surface area contributed by atoms with Crippen LogP contribution in [0.4, 0.5) is 0 Å². The molecular weight excluding hydrogens is 244 g/mol. The van der Waals surface area contributed by atoms with Gasteiger partial charge in [-0.1, -0.05) is 60.6 Å². The van der Waals surface area contributed by atoms with Gasteiger partial charge in [0.2, 0.25) is 0 Å². The second-order valence-corrected chi connectivity index (χ2v) is 10.9. The van der Waals surface area contributed by atoms with Gasteiger partial charge in [0.05, 0.1) is 0 Å². The lowest BCUT2D eigenvalue weighted by Crippen LogP contribution is -2.33. The first-order valence-corrected chi connectivity index (χ1v) is 10.7. The average molecular weight is 273 g/mol. The first-order chi connectivity index (χ1) is 8.93. The minimum Gasteiger partial charge on any atom is -0.0776 e. The highest BCUT2D eigenvalue weighted by molar-refractivity contribution is 6.91. The third-order valence-corrected chi connectivity index (χ3v) is 9.15. The summed E-state index contributed by atoms with van der Waals surface area (Å²) in [5.74, 6) is 0. The summed E-state index contributed by atoms with van der Waals surface area (Å²) in [5, 5.41) is 3.60. The van der Waals surface area contributed by atoms with Crippen molar-refractivity contribution in [1.29, 1.82) is 0 Å². The monoisotopic (exact) mass is 272 g/mol. The second kappa shape index (κ2) is 5.28. The van der Waals surface area contributed by atoms with E-state index >= 15 is 0 Å². The smallest absolute Gasteiger partial charge is 0.0776 e. The summed E-state index contributed by atoms with van der Waals surface area (Å²) < 4.78 is 0. The van der Waals surface area contributed by atoms with Gasteiger partial charge >= 0.3 is 0 Å². The highest BCUT2D eigenvalue weighted by Gasteiger charge is 2.36. The van der Waals surface area contributed by atoms with Gasteiger partial charge in [-0.05, 0) is 50.7 Å². The molecule has 0 aliphatic heterocycles. The quantitative estimate of drug-likeness (QED) is 0.560. The van der Waals surface area contributed by atoms with E-state index in [2.05, 4.69) is 52.9 Å². The summed E-state index contributed by atoms with van der Waals surface area (Å²) in [5.41, 5.74) is 6.42. The van der Waals surface area contributed by atoms with Crippen LogP contribution in [0.2, 0.25) is 13.1 Å². The van der Waals surface area contributed by atoms with E-state index in [9.17, 15) is 0 Å². The van der Waals surface area contributed by atoms with Crippen molar-refractivity contribution in [3.63, 3.8) is 0 Å². The molecule has 1 heteroatoms. The molecule has 0 aromatic rings. The van der Waals surface area contributed by atoms with Crippen LogP contribution < -0.4 is 0 Å². The fraction of sp³-hybridized carbons (Fsp3) is 0.556. The van der Waals surface area contributed by atoms with Crippen LogP contribution in [0.1, 0.15) is 53.4 Å². The van der Waals surface area contributed by atoms with E-state index in [1.165, 1.54) is 25.7 Å². The molecule has 0 saturated carbocycles. The van der Waals surface area contributed by atoms with Gasteiger partial charge in [0.15, 0.2) is 0 Å². The molecule has 0 nitrogen and oxygen atoms in total. The van der Waals surface area contributed by atoms with E-state index in [4.69, 9.17) is 0 Å². The summed E-state index contributed by atoms with van der Waals surface area (Å²) in [4.78, 5) is 0. The zero-order valence-electron chi connectivity index (χ0n) is 13.5. The van der Waals surface area contributed by atoms with Crippen LogP contribution in [-0.4, -0.2) is 8.07 Å². The molecule has 0 aromatic carbocycles. The molecule has 19 heavy (non-hydrogen) atoms. The molecule has 0 radical (unpaired) electrons. The lowest BCUT2D eigenvalue weighted by atomic mass is 10.1. The maximum absolute atomic E-state index is 2.57. The van der Waals surface area contributed by atoms with Gasteiger partial charge in [-0.25, -0.2) is 0 Å². The number of allylic oxidation sites excluding steroid dienone is 8. The van der Waals surface area contributed by atoms with Crippen molar-refractivity contribution in [1.82, 2.24) is 0 Å². The largest absolute Gasteiger partial charge is 0.104 e. The van der Waals surface area contributed by atoms with E-state index < -0.39 is 8.07 Å². The van der Waals surface area contributed by atoms with Crippen LogP contribution in [-0.2, 0) is 0 Å². The van der Waals surface area contributed by atoms with Crippen molar-refractivity contribution in [3.8, 4) is 0 Å². The van der Waals surface area contributed by atoms with E-state index in [1.54, 1.807) is 32.7 Å². The van der Waals surface area contributed by atoms with Crippen molar-refractivity contribution in [2.45, 2.75) is 66.5 Å². The third-order valence-electron chi connectivity index (χ3n) is 5.12. The average Bonchev–Trinajstić information content (AvgIpc) is 2.92. The molecule has 0 unspecified atom stereocenters. The van der Waals surface area contributed by atoms with Crippen molar-refractivity contribution in [3.05, 3.63) is 44.8 Å². The molecule has 0 fully saturated rings. The van der Waals surface area contributed by atoms with E-state index in [0.29, 0.717) is 0 Å². The minimum atomic E-state index is -1.43. The molecule has 0 bridgehead atoms. The topological polar surface area (TPSA) is 0 Å². The van der Waals surface area contributed by atoms with Crippen LogP contribution in [0.5, 0.6) is 0 Å². The predicted octanol–water partition coefficient (Wildman–Crippen LogP) is 5.89. The molecule has 104 valence electrons. The van der Waals surface area contributed by atoms with Gasteiger partial charge in [0, 0.05) is 0 Å². The van der Waals surface area contributed by atoms with Crippen LogP contribution in [0.25, 0.3) is 0 Å². The molecule has 0 atom stereocenters. The van der Waals surface area contributed by atoms with Gasteiger partial charge in [-0.15, -0.1) is 0 Å². The molecule has 0 aromatic heterocycles. The molecule has 0 heterocycles. The Labute approximate surface area is 120 Å². The Balaban J connectivity index is 2.45. The van der Waals surface area contributed by atoms with Crippen LogP contribution in [0, 0.1) is 0 Å². The van der Waals surface area contributed by atoms with Crippen LogP contribution in [0.15, 0.2) is 44.8 Å². The summed E-state index contributed by atoms with van der Waals surface area (Å²) >= 11 is 0. The van der Waals surface area contributed by atoms with E-state index in [0.717, 1.165) is 0 Å². The predicted molar refractivity (Wildman–Crippen MR) is 88.9 cm³/mol. The van der Waals surface area contributed by atoms with Crippen molar-refractivity contribution >= 4 is 8.07 Å². The summed E-state index contributed by atoms with van der Waals surface area (Å²) in [7, 11) is -1.43. The fourth-order valence-electron chi connectivity index (χ4n) is 3.91. The third kappa shape index (κ3) is 2.33. The lowest BCUT2D eigenvalue weighted by Gasteiger charge is -2.30. The Kier molecular flexibility index (Phi) is 4.05. The zero-order valence-corrected chi connectivity index (χ0v) is 14.5. The standard InChI is InChI=1S/C18H28Si/c1-7-15-13(3)9-11-17(15)19(5,6)18-12-10-14(4)16(18)8-2/h9-10H,7-8,11-12H2,1-6H3. The van der Waals surface area contributed by atoms with Crippen LogP contribution >= 0.6 is 0 Å². The summed E-state index contributed by atoms with van der Waals surface area (Å²) in [6, 6.07) is 0. The zero-order chi connectivity index (χ0) is 14.2. The summed E-state index contributed by atoms with van der Waals surface area (Å²) in [6.07, 6.45) is 9.74. The van der Waals surface area contributed by atoms with Gasteiger partial charge in [-0.2, -0.15) is 0 Å². The van der Waals surface area contributed by atoms with Crippen molar-refractivity contribution in [2.75, 3.05) is 0 Å². The van der Waals surface area contributed by atoms with E-state index in [1.807, 2.05) is 0 Å². The Morgan fingerprint density at radius 3 is 1.53 bits per heavy atom. The highest BCUT2D eigenvalue weighted by atomic mass is 28.3. The maximum atomic E-state index is 2.57. The van der Waals surface area contributed by atoms with Crippen LogP contribution in [0.3, 0.4) is 0 Å². The Bertz CT molecular complexity index is 464. The molecule has 0 N–H and O–H groups in total. The second-order valence-electron chi connectivity index (χ2n) is 6.43. The number of hydrogen-bond acceptors (Lipinski definition) is 0. The van der Waals surface area contributed by atoms with Gasteiger partial charge in [-0.3, -0.25) is 0 Å². The molecule has 2 aliphatic rings. The maximum Gasteiger partial charge on any atom is 0.104 e. The normalized spacial score (nSPS) is 20.3. The first kappa shape index (κ1) is 14.6. The Morgan fingerprint density at radius 2 is 1.21 bits per heavy atom. The number of rotatable bonds is 4. The molecule has 2 aliphatic carbocycles. The fourth-order valence-corrected chi connectivity index (χ4v) is 7.76. The summed E-state index contributed by atoms with van der Waals surface area (Å²) in [6.45, 7) is 14.4. The van der Waals surface area contributed by atoms with Gasteiger partial charge < -0.3 is 0 Å². The van der Waals surface area contributed by atoms with Crippen molar-refractivity contribution in [2.24, 2.45) is 0 Å². The Hall–Kier alpha value is -0.823. The SMILES string of the molecule is CCC1=C([Si](C)(C)C2=C(CC)C(C)=CC2)CC=C1C. The lowest BCUT2D eigenvalue weighted by molar-refractivity contribution is 1.09. The number of hydrogen-bond donors (Lipinski definition) is 0. The first-order valence-electron chi connectivity index (χ1n) is 7.72.